The molecular formula is C30H25N3O4S3. The Balaban J connectivity index is 1.34. The molecule has 0 aliphatic carbocycles. The van der Waals surface area contributed by atoms with Crippen molar-refractivity contribution in [1.29, 1.82) is 0 Å². The molecule has 7 nitrogen and oxygen atoms in total. The van der Waals surface area contributed by atoms with Gasteiger partial charge in [-0.2, -0.15) is 5.10 Å². The van der Waals surface area contributed by atoms with Crippen molar-refractivity contribution in [1.82, 2.24) is 14.7 Å². The third-order valence-electron chi connectivity index (χ3n) is 6.80. The topological polar surface area (TPSA) is 81.5 Å². The van der Waals surface area contributed by atoms with Crippen LogP contribution < -0.4 is 4.74 Å². The number of amides is 1. The van der Waals surface area contributed by atoms with Crippen LogP contribution in [0.3, 0.4) is 0 Å². The van der Waals surface area contributed by atoms with E-state index in [0.29, 0.717) is 33.7 Å². The van der Waals surface area contributed by atoms with Crippen LogP contribution in [0.2, 0.25) is 0 Å². The largest absolute Gasteiger partial charge is 0.489 e. The zero-order chi connectivity index (χ0) is 27.7. The Labute approximate surface area is 242 Å². The van der Waals surface area contributed by atoms with E-state index in [1.165, 1.54) is 16.7 Å². The molecule has 0 saturated carbocycles. The van der Waals surface area contributed by atoms with Crippen molar-refractivity contribution in [2.24, 2.45) is 0 Å². The fourth-order valence-corrected chi connectivity index (χ4v) is 7.91. The molecule has 40 heavy (non-hydrogen) atoms. The molecule has 1 aromatic heterocycles. The van der Waals surface area contributed by atoms with Gasteiger partial charge in [0.15, 0.2) is 9.84 Å². The zero-order valence-corrected chi connectivity index (χ0v) is 23.8. The summed E-state index contributed by atoms with van der Waals surface area (Å²) in [5, 5.41) is 4.88. The Morgan fingerprint density at radius 2 is 1.77 bits per heavy atom. The SMILES string of the molecule is O=C1C(=Cc2cn(-c3ccccc3)nc2-c2cccc(OCc3ccccc3)c2)SC(=S)N1C1CCS(=O)(=O)C1. The van der Waals surface area contributed by atoms with Gasteiger partial charge in [0.05, 0.1) is 28.1 Å². The van der Waals surface area contributed by atoms with Crippen molar-refractivity contribution in [3.05, 3.63) is 107 Å². The van der Waals surface area contributed by atoms with Crippen LogP contribution in [-0.4, -0.2) is 50.9 Å². The van der Waals surface area contributed by atoms with E-state index in [1.807, 2.05) is 91.1 Å². The van der Waals surface area contributed by atoms with Crippen molar-refractivity contribution in [3.8, 4) is 22.7 Å². The molecule has 3 aromatic carbocycles. The predicted molar refractivity (Wildman–Crippen MR) is 162 cm³/mol. The van der Waals surface area contributed by atoms with Crippen molar-refractivity contribution < 1.29 is 17.9 Å². The smallest absolute Gasteiger partial charge is 0.266 e. The molecule has 0 radical (unpaired) electrons. The monoisotopic (exact) mass is 587 g/mol. The lowest BCUT2D eigenvalue weighted by Gasteiger charge is -2.20. The standard InChI is InChI=1S/C30H25N3O4S3/c34-29-27(39-30(38)33(29)25-14-15-40(35,36)20-25)17-23-18-32(24-11-5-2-6-12-24)31-28(23)22-10-7-13-26(16-22)37-19-21-8-3-1-4-9-21/h1-13,16-18,25H,14-15,19-20H2. The maximum atomic E-state index is 13.4. The van der Waals surface area contributed by atoms with Crippen LogP contribution in [0.4, 0.5) is 0 Å². The number of thiocarbonyl (C=S) groups is 1. The van der Waals surface area contributed by atoms with Crippen LogP contribution in [0.5, 0.6) is 5.75 Å². The van der Waals surface area contributed by atoms with Crippen LogP contribution in [-0.2, 0) is 21.2 Å². The number of carbonyl (C=O) groups is 1. The molecule has 6 rings (SSSR count). The molecule has 2 fully saturated rings. The third-order valence-corrected chi connectivity index (χ3v) is 9.88. The van der Waals surface area contributed by atoms with E-state index < -0.39 is 15.9 Å². The minimum Gasteiger partial charge on any atom is -0.489 e. The van der Waals surface area contributed by atoms with Crippen LogP contribution in [0.1, 0.15) is 17.5 Å². The Morgan fingerprint density at radius 3 is 2.50 bits per heavy atom. The average molecular weight is 588 g/mol. The van der Waals surface area contributed by atoms with E-state index in [1.54, 1.807) is 10.8 Å². The van der Waals surface area contributed by atoms with Gasteiger partial charge in [-0.25, -0.2) is 13.1 Å². The zero-order valence-electron chi connectivity index (χ0n) is 21.3. The number of hydrogen-bond donors (Lipinski definition) is 0. The van der Waals surface area contributed by atoms with E-state index >= 15 is 0 Å². The first-order valence-corrected chi connectivity index (χ1v) is 15.8. The minimum atomic E-state index is -3.16. The molecule has 0 N–H and O–H groups in total. The van der Waals surface area contributed by atoms with Gasteiger partial charge in [0.1, 0.15) is 22.4 Å². The first-order chi connectivity index (χ1) is 19.4. The molecule has 2 saturated heterocycles. The van der Waals surface area contributed by atoms with Crippen molar-refractivity contribution in [2.45, 2.75) is 19.1 Å². The summed E-state index contributed by atoms with van der Waals surface area (Å²) in [4.78, 5) is 15.3. The highest BCUT2D eigenvalue weighted by atomic mass is 32.2. The number of para-hydroxylation sites is 1. The maximum Gasteiger partial charge on any atom is 0.266 e. The Morgan fingerprint density at radius 1 is 1.02 bits per heavy atom. The van der Waals surface area contributed by atoms with Crippen LogP contribution in [0.15, 0.2) is 96.0 Å². The van der Waals surface area contributed by atoms with Gasteiger partial charge in [-0.1, -0.05) is 84.6 Å². The number of nitrogens with zero attached hydrogens (tertiary/aromatic N) is 3. The highest BCUT2D eigenvalue weighted by molar-refractivity contribution is 8.26. The first-order valence-electron chi connectivity index (χ1n) is 12.8. The molecule has 0 spiro atoms. The van der Waals surface area contributed by atoms with Crippen molar-refractivity contribution in [3.63, 3.8) is 0 Å². The fraction of sp³-hybridized carbons (Fsp3) is 0.167. The lowest BCUT2D eigenvalue weighted by atomic mass is 10.1. The number of aromatic nitrogens is 2. The van der Waals surface area contributed by atoms with Gasteiger partial charge < -0.3 is 4.74 Å². The van der Waals surface area contributed by atoms with Crippen molar-refractivity contribution >= 4 is 50.1 Å². The number of sulfone groups is 1. The molecule has 4 aromatic rings. The Kier molecular flexibility index (Phi) is 7.31. The van der Waals surface area contributed by atoms with E-state index in [4.69, 9.17) is 22.1 Å². The molecule has 2 aliphatic rings. The number of thioether (sulfide) groups is 1. The lowest BCUT2D eigenvalue weighted by Crippen LogP contribution is -2.39. The van der Waals surface area contributed by atoms with E-state index in [0.717, 1.165) is 22.4 Å². The lowest BCUT2D eigenvalue weighted by molar-refractivity contribution is -0.123. The van der Waals surface area contributed by atoms with Crippen LogP contribution in [0.25, 0.3) is 23.0 Å². The number of carbonyl (C=O) groups excluding carboxylic acids is 1. The number of rotatable bonds is 7. The van der Waals surface area contributed by atoms with Crippen molar-refractivity contribution in [2.75, 3.05) is 11.5 Å². The third kappa shape index (κ3) is 5.60. The van der Waals surface area contributed by atoms with Gasteiger partial charge in [-0.3, -0.25) is 9.69 Å². The maximum absolute atomic E-state index is 13.4. The molecule has 202 valence electrons. The number of hydrogen-bond acceptors (Lipinski definition) is 7. The Hall–Kier alpha value is -3.73. The quantitative estimate of drug-likeness (QED) is 0.208. The van der Waals surface area contributed by atoms with Crippen LogP contribution in [0, 0.1) is 0 Å². The second-order valence-corrected chi connectivity index (χ2v) is 13.5. The summed E-state index contributed by atoms with van der Waals surface area (Å²) in [6, 6.07) is 27.0. The summed E-state index contributed by atoms with van der Waals surface area (Å²) in [7, 11) is -3.16. The van der Waals surface area contributed by atoms with E-state index in [9.17, 15) is 13.2 Å². The second kappa shape index (κ2) is 11.0. The second-order valence-electron chi connectivity index (χ2n) is 9.62. The number of benzene rings is 3. The van der Waals surface area contributed by atoms with Gasteiger partial charge in [0.25, 0.3) is 5.91 Å². The molecule has 1 amide bonds. The molecule has 2 aliphatic heterocycles. The summed E-state index contributed by atoms with van der Waals surface area (Å²) in [5.41, 5.74) is 4.21. The van der Waals surface area contributed by atoms with Gasteiger partial charge in [0.2, 0.25) is 0 Å². The van der Waals surface area contributed by atoms with E-state index in [2.05, 4.69) is 0 Å². The van der Waals surface area contributed by atoms with Gasteiger partial charge in [-0.15, -0.1) is 0 Å². The summed E-state index contributed by atoms with van der Waals surface area (Å²) >= 11 is 6.71. The van der Waals surface area contributed by atoms with Crippen LogP contribution >= 0.6 is 24.0 Å². The summed E-state index contributed by atoms with van der Waals surface area (Å²) in [6.45, 7) is 0.439. The van der Waals surface area contributed by atoms with Gasteiger partial charge in [-0.05, 0) is 42.3 Å². The summed E-state index contributed by atoms with van der Waals surface area (Å²) in [5.74, 6) is 0.454. The van der Waals surface area contributed by atoms with Gasteiger partial charge >= 0.3 is 0 Å². The predicted octanol–water partition coefficient (Wildman–Crippen LogP) is 5.51. The minimum absolute atomic E-state index is 0.0559. The highest BCUT2D eigenvalue weighted by Gasteiger charge is 2.42. The molecule has 0 bridgehead atoms. The molecule has 3 heterocycles. The average Bonchev–Trinajstić information content (AvgIpc) is 3.63. The molecule has 1 atom stereocenters. The first kappa shape index (κ1) is 26.5. The molecule has 1 unspecified atom stereocenters. The highest BCUT2D eigenvalue weighted by Crippen LogP contribution is 2.38. The molecular weight excluding hydrogens is 563 g/mol. The Bertz CT molecular complexity index is 1720. The van der Waals surface area contributed by atoms with Gasteiger partial charge in [0, 0.05) is 17.3 Å². The molecule has 10 heteroatoms. The normalized spacial score (nSPS) is 19.4. The summed E-state index contributed by atoms with van der Waals surface area (Å²) < 4.78 is 32.3. The summed E-state index contributed by atoms with van der Waals surface area (Å²) in [6.07, 6.45) is 4.08. The fourth-order valence-electron chi connectivity index (χ4n) is 4.82. The number of ether oxygens (including phenoxy) is 1. The van der Waals surface area contributed by atoms with E-state index in [-0.39, 0.29) is 17.4 Å².